The number of nitrogens with zero attached hydrogens (tertiary/aromatic N) is 3. The summed E-state index contributed by atoms with van der Waals surface area (Å²) < 4.78 is 10.7. The Labute approximate surface area is 158 Å². The van der Waals surface area contributed by atoms with E-state index in [0.29, 0.717) is 5.69 Å². The molecule has 2 rings (SSSR count). The van der Waals surface area contributed by atoms with E-state index in [0.717, 1.165) is 11.0 Å². The number of thiazole rings is 1. The molecule has 144 valence electrons. The minimum Gasteiger partial charge on any atom is -0.493 e. The van der Waals surface area contributed by atoms with Crippen LogP contribution in [-0.2, 0) is 11.4 Å². The van der Waals surface area contributed by atoms with Crippen molar-refractivity contribution in [2.24, 2.45) is 0 Å². The van der Waals surface area contributed by atoms with Gasteiger partial charge in [-0.05, 0) is 0 Å². The van der Waals surface area contributed by atoms with Crippen molar-refractivity contribution in [3.8, 4) is 11.5 Å². The van der Waals surface area contributed by atoms with E-state index in [1.165, 1.54) is 31.6 Å². The van der Waals surface area contributed by atoms with Gasteiger partial charge in [-0.25, -0.2) is 4.98 Å². The summed E-state index contributed by atoms with van der Waals surface area (Å²) >= 11 is 1.39. The van der Waals surface area contributed by atoms with Gasteiger partial charge in [-0.15, -0.1) is 11.3 Å². The summed E-state index contributed by atoms with van der Waals surface area (Å²) in [4.78, 5) is 39.1. The van der Waals surface area contributed by atoms with Gasteiger partial charge in [0, 0.05) is 25.0 Å². The van der Waals surface area contributed by atoms with Crippen LogP contribution in [0, 0.1) is 10.1 Å². The van der Waals surface area contributed by atoms with Gasteiger partial charge in [0.1, 0.15) is 12.2 Å². The lowest BCUT2D eigenvalue weighted by Gasteiger charge is -2.17. The highest BCUT2D eigenvalue weighted by Gasteiger charge is 2.27. The third-order valence-corrected chi connectivity index (χ3v) is 4.21. The lowest BCUT2D eigenvalue weighted by atomic mass is 10.1. The molecule has 0 bridgehead atoms. The van der Waals surface area contributed by atoms with E-state index in [9.17, 15) is 19.7 Å². The number of methoxy groups -OCH3 is 1. The Kier molecular flexibility index (Phi) is 6.66. The Hall–Kier alpha value is -3.21. The summed E-state index contributed by atoms with van der Waals surface area (Å²) in [5.74, 6) is -1.52. The maximum atomic E-state index is 12.5. The number of nitro groups is 1. The molecule has 1 heterocycles. The van der Waals surface area contributed by atoms with Gasteiger partial charge >= 0.3 is 5.97 Å². The topological polar surface area (TPSA) is 132 Å². The molecule has 0 spiro atoms. The monoisotopic (exact) mass is 395 g/mol. The fourth-order valence-electron chi connectivity index (χ4n) is 2.17. The standard InChI is InChI=1S/C16H17N3O7S/c1-18(4-3-15(20)21)16(22)11-5-13(25-2)14(6-12(11)19(23)24)26-7-10-8-27-9-17-10/h5-6,8-9H,3-4,7H2,1-2H3,(H,20,21). The Bertz CT molecular complexity index is 839. The van der Waals surface area contributed by atoms with Gasteiger partial charge in [0.25, 0.3) is 11.6 Å². The largest absolute Gasteiger partial charge is 0.493 e. The van der Waals surface area contributed by atoms with Crippen LogP contribution in [0.25, 0.3) is 0 Å². The second kappa shape index (κ2) is 8.94. The summed E-state index contributed by atoms with van der Waals surface area (Å²) in [6.07, 6.45) is -0.276. The number of nitro benzene ring substituents is 1. The van der Waals surface area contributed by atoms with Crippen molar-refractivity contribution in [3.63, 3.8) is 0 Å². The van der Waals surface area contributed by atoms with E-state index in [-0.39, 0.29) is 36.6 Å². The molecule has 1 aromatic heterocycles. The molecule has 0 unspecified atom stereocenters. The van der Waals surface area contributed by atoms with Crippen LogP contribution in [0.15, 0.2) is 23.0 Å². The zero-order valence-corrected chi connectivity index (χ0v) is 15.4. The fraction of sp³-hybridized carbons (Fsp3) is 0.312. The first-order valence-electron chi connectivity index (χ1n) is 7.67. The molecule has 1 amide bonds. The van der Waals surface area contributed by atoms with Crippen LogP contribution in [0.3, 0.4) is 0 Å². The van der Waals surface area contributed by atoms with E-state index in [4.69, 9.17) is 14.6 Å². The number of benzene rings is 1. The third-order valence-electron chi connectivity index (χ3n) is 3.58. The van der Waals surface area contributed by atoms with Crippen molar-refractivity contribution >= 4 is 28.9 Å². The number of hydrogen-bond acceptors (Lipinski definition) is 8. The summed E-state index contributed by atoms with van der Waals surface area (Å²) in [6, 6.07) is 2.33. The van der Waals surface area contributed by atoms with Crippen molar-refractivity contribution in [2.75, 3.05) is 20.7 Å². The minimum absolute atomic E-state index is 0.0861. The average molecular weight is 395 g/mol. The molecular weight excluding hydrogens is 378 g/mol. The van der Waals surface area contributed by atoms with Crippen LogP contribution in [0.5, 0.6) is 11.5 Å². The second-order valence-corrected chi connectivity index (χ2v) is 6.13. The normalized spacial score (nSPS) is 10.3. The van der Waals surface area contributed by atoms with E-state index in [1.807, 2.05) is 0 Å². The van der Waals surface area contributed by atoms with Gasteiger partial charge in [0.15, 0.2) is 11.5 Å². The molecule has 0 saturated heterocycles. The highest BCUT2D eigenvalue weighted by Crippen LogP contribution is 2.35. The Morgan fingerprint density at radius 1 is 1.37 bits per heavy atom. The molecule has 0 saturated carbocycles. The third kappa shape index (κ3) is 5.14. The van der Waals surface area contributed by atoms with Crippen molar-refractivity contribution in [3.05, 3.63) is 44.4 Å². The van der Waals surface area contributed by atoms with Crippen molar-refractivity contribution in [2.45, 2.75) is 13.0 Å². The number of carbonyl (C=O) groups excluding carboxylic acids is 1. The van der Waals surface area contributed by atoms with Crippen molar-refractivity contribution in [1.82, 2.24) is 9.88 Å². The lowest BCUT2D eigenvalue weighted by Crippen LogP contribution is -2.29. The van der Waals surface area contributed by atoms with Gasteiger partial charge in [-0.1, -0.05) is 0 Å². The molecule has 0 radical (unpaired) electrons. The number of aromatic nitrogens is 1. The molecular formula is C16H17N3O7S. The first kappa shape index (κ1) is 20.1. The van der Waals surface area contributed by atoms with E-state index in [1.54, 1.807) is 10.9 Å². The molecule has 0 fully saturated rings. The maximum absolute atomic E-state index is 12.5. The number of aliphatic carboxylic acids is 1. The SMILES string of the molecule is COc1cc(C(=O)N(C)CCC(=O)O)c([N+](=O)[O-])cc1OCc1cscn1. The van der Waals surface area contributed by atoms with Crippen molar-refractivity contribution in [1.29, 1.82) is 0 Å². The molecule has 0 aliphatic heterocycles. The highest BCUT2D eigenvalue weighted by molar-refractivity contribution is 7.07. The van der Waals surface area contributed by atoms with Crippen LogP contribution < -0.4 is 9.47 Å². The lowest BCUT2D eigenvalue weighted by molar-refractivity contribution is -0.385. The summed E-state index contributed by atoms with van der Waals surface area (Å²) in [7, 11) is 2.72. The zero-order chi connectivity index (χ0) is 20.0. The molecule has 1 N–H and O–H groups in total. The molecule has 11 heteroatoms. The molecule has 2 aromatic rings. The number of hydrogen-bond donors (Lipinski definition) is 1. The molecule has 10 nitrogen and oxygen atoms in total. The Morgan fingerprint density at radius 3 is 2.67 bits per heavy atom. The summed E-state index contributed by atoms with van der Waals surface area (Å²) in [5.41, 5.74) is 1.60. The zero-order valence-electron chi connectivity index (χ0n) is 14.6. The molecule has 0 atom stereocenters. The first-order valence-corrected chi connectivity index (χ1v) is 8.61. The molecule has 27 heavy (non-hydrogen) atoms. The van der Waals surface area contributed by atoms with Crippen LogP contribution in [-0.4, -0.2) is 52.5 Å². The highest BCUT2D eigenvalue weighted by atomic mass is 32.1. The van der Waals surface area contributed by atoms with E-state index in [2.05, 4.69) is 4.98 Å². The second-order valence-electron chi connectivity index (χ2n) is 5.42. The van der Waals surface area contributed by atoms with E-state index >= 15 is 0 Å². The predicted octanol–water partition coefficient (Wildman–Crippen LogP) is 2.19. The van der Waals surface area contributed by atoms with Gasteiger partial charge in [0.2, 0.25) is 0 Å². The van der Waals surface area contributed by atoms with Gasteiger partial charge in [-0.3, -0.25) is 19.7 Å². The van der Waals surface area contributed by atoms with Crippen LogP contribution in [0.2, 0.25) is 0 Å². The Morgan fingerprint density at radius 2 is 2.11 bits per heavy atom. The van der Waals surface area contributed by atoms with Gasteiger partial charge in [0.05, 0.1) is 35.7 Å². The van der Waals surface area contributed by atoms with Crippen LogP contribution >= 0.6 is 11.3 Å². The number of carboxylic acids is 1. The summed E-state index contributed by atoms with van der Waals surface area (Å²) in [5, 5.41) is 21.9. The van der Waals surface area contributed by atoms with Crippen molar-refractivity contribution < 1.29 is 29.1 Å². The fourth-order valence-corrected chi connectivity index (χ4v) is 2.72. The number of ether oxygens (including phenoxy) is 2. The summed E-state index contributed by atoms with van der Waals surface area (Å²) in [6.45, 7) is -0.00145. The number of carboxylic acid groups (broad SMARTS) is 1. The average Bonchev–Trinajstić information content (AvgIpc) is 3.16. The van der Waals surface area contributed by atoms with Crippen LogP contribution in [0.1, 0.15) is 22.5 Å². The van der Waals surface area contributed by atoms with Crippen LogP contribution in [0.4, 0.5) is 5.69 Å². The van der Waals surface area contributed by atoms with Gasteiger partial charge in [-0.2, -0.15) is 0 Å². The Balaban J connectivity index is 2.32. The maximum Gasteiger partial charge on any atom is 0.305 e. The molecule has 1 aromatic carbocycles. The first-order chi connectivity index (χ1) is 12.8. The minimum atomic E-state index is -1.08. The molecule has 0 aliphatic rings. The predicted molar refractivity (Wildman–Crippen MR) is 95.3 cm³/mol. The number of carbonyl (C=O) groups is 2. The number of rotatable bonds is 9. The quantitative estimate of drug-likeness (QED) is 0.505. The smallest absolute Gasteiger partial charge is 0.305 e. The van der Waals surface area contributed by atoms with E-state index < -0.39 is 22.5 Å². The molecule has 0 aliphatic carbocycles. The number of amides is 1. The van der Waals surface area contributed by atoms with Gasteiger partial charge < -0.3 is 19.5 Å².